The van der Waals surface area contributed by atoms with Crippen LogP contribution >= 0.6 is 0 Å². The van der Waals surface area contributed by atoms with E-state index in [0.717, 1.165) is 44.3 Å². The first-order valence-corrected chi connectivity index (χ1v) is 15.6. The van der Waals surface area contributed by atoms with Crippen molar-refractivity contribution in [3.05, 3.63) is 23.8 Å². The first kappa shape index (κ1) is 32.0. The molecule has 1 aliphatic heterocycles. The summed E-state index contributed by atoms with van der Waals surface area (Å²) in [6.07, 6.45) is 7.89. The van der Waals surface area contributed by atoms with Gasteiger partial charge in [0.05, 0.1) is 11.5 Å². The molecule has 1 aromatic rings. The Morgan fingerprint density at radius 1 is 1.21 bits per heavy atom. The minimum absolute atomic E-state index is 0.0114. The molecule has 3 aliphatic rings. The lowest BCUT2D eigenvalue weighted by Gasteiger charge is -2.45. The molecule has 0 unspecified atom stereocenters. The predicted octanol–water partition coefficient (Wildman–Crippen LogP) is 3.65. The minimum atomic E-state index is -0.642. The van der Waals surface area contributed by atoms with E-state index in [1.807, 2.05) is 12.1 Å². The number of carbonyl (C=O) groups excluding carboxylic acids is 1. The Balaban J connectivity index is 1.64. The van der Waals surface area contributed by atoms with Crippen molar-refractivity contribution in [1.82, 2.24) is 10.6 Å². The third-order valence-electron chi connectivity index (χ3n) is 9.72. The SMILES string of the molecule is CN=C(N)NC[C@@]1(C2(C)CCCC2)C#CC[C@@H](Cc2ccc(O)c(OC3CCNCC3)c2)[C@H](OC(C)=O)C[C@@H](O)CC1. The summed E-state index contributed by atoms with van der Waals surface area (Å²) >= 11 is 0. The van der Waals surface area contributed by atoms with Crippen molar-refractivity contribution in [2.75, 3.05) is 26.7 Å². The molecule has 4 atom stereocenters. The second kappa shape index (κ2) is 14.5. The molecule has 1 saturated carbocycles. The molecule has 0 amide bonds. The number of hydrogen-bond acceptors (Lipinski definition) is 7. The second-order valence-corrected chi connectivity index (χ2v) is 12.7. The van der Waals surface area contributed by atoms with Crippen LogP contribution in [0.25, 0.3) is 0 Å². The number of nitrogens with one attached hydrogen (secondary N) is 2. The summed E-state index contributed by atoms with van der Waals surface area (Å²) in [5, 5.41) is 28.5. The van der Waals surface area contributed by atoms with E-state index < -0.39 is 12.2 Å². The molecule has 42 heavy (non-hydrogen) atoms. The topological polar surface area (TPSA) is 138 Å². The Hall–Kier alpha value is -2.96. The van der Waals surface area contributed by atoms with Crippen LogP contribution in [0.5, 0.6) is 11.5 Å². The van der Waals surface area contributed by atoms with Crippen molar-refractivity contribution in [3.63, 3.8) is 0 Å². The fourth-order valence-corrected chi connectivity index (χ4v) is 7.03. The average Bonchev–Trinajstić information content (AvgIpc) is 3.42. The van der Waals surface area contributed by atoms with Gasteiger partial charge in [0.15, 0.2) is 17.5 Å². The number of piperidine rings is 1. The molecule has 232 valence electrons. The molecule has 0 spiro atoms. The number of esters is 1. The van der Waals surface area contributed by atoms with Gasteiger partial charge in [0, 0.05) is 39.3 Å². The van der Waals surface area contributed by atoms with Crippen LogP contribution in [0.15, 0.2) is 23.2 Å². The van der Waals surface area contributed by atoms with E-state index in [1.54, 1.807) is 13.1 Å². The number of benzene rings is 1. The Morgan fingerprint density at radius 2 is 1.95 bits per heavy atom. The summed E-state index contributed by atoms with van der Waals surface area (Å²) in [5.74, 6) is 7.71. The highest BCUT2D eigenvalue weighted by atomic mass is 16.5. The van der Waals surface area contributed by atoms with Crippen molar-refractivity contribution >= 4 is 11.9 Å². The largest absolute Gasteiger partial charge is 0.504 e. The molecular formula is C33H50N4O5. The molecule has 6 N–H and O–H groups in total. The van der Waals surface area contributed by atoms with Crippen molar-refractivity contribution in [1.29, 1.82) is 0 Å². The van der Waals surface area contributed by atoms with Crippen LogP contribution in [0.3, 0.4) is 0 Å². The van der Waals surface area contributed by atoms with Crippen molar-refractivity contribution in [2.24, 2.45) is 27.5 Å². The first-order valence-electron chi connectivity index (χ1n) is 15.6. The fraction of sp³-hybridized carbons (Fsp3) is 0.697. The zero-order chi connectivity index (χ0) is 30.2. The van der Waals surface area contributed by atoms with E-state index in [0.29, 0.717) is 50.4 Å². The van der Waals surface area contributed by atoms with Crippen LogP contribution in [0, 0.1) is 28.6 Å². The summed E-state index contributed by atoms with van der Waals surface area (Å²) in [6, 6.07) is 5.45. The van der Waals surface area contributed by atoms with Gasteiger partial charge in [0.1, 0.15) is 12.2 Å². The molecule has 4 rings (SSSR count). The van der Waals surface area contributed by atoms with Crippen molar-refractivity contribution < 1.29 is 24.5 Å². The molecule has 2 fully saturated rings. The van der Waals surface area contributed by atoms with E-state index in [4.69, 9.17) is 15.2 Å². The van der Waals surface area contributed by atoms with Gasteiger partial charge in [-0.05, 0) is 81.1 Å². The maximum Gasteiger partial charge on any atom is 0.302 e. The molecule has 1 heterocycles. The summed E-state index contributed by atoms with van der Waals surface area (Å²) in [6.45, 7) is 6.10. The van der Waals surface area contributed by atoms with Gasteiger partial charge < -0.3 is 36.1 Å². The lowest BCUT2D eigenvalue weighted by Crippen LogP contribution is -2.49. The zero-order valence-corrected chi connectivity index (χ0v) is 25.6. The summed E-state index contributed by atoms with van der Waals surface area (Å²) in [4.78, 5) is 16.3. The molecular weight excluding hydrogens is 532 g/mol. The Morgan fingerprint density at radius 3 is 2.64 bits per heavy atom. The lowest BCUT2D eigenvalue weighted by atomic mass is 9.60. The number of aliphatic hydroxyl groups is 1. The number of nitrogens with two attached hydrogens (primary N) is 1. The Kier molecular flexibility index (Phi) is 11.0. The van der Waals surface area contributed by atoms with Gasteiger partial charge in [-0.2, -0.15) is 0 Å². The number of phenolic OH excluding ortho intramolecular Hbond substituents is 1. The smallest absolute Gasteiger partial charge is 0.302 e. The number of carbonyl (C=O) groups is 1. The maximum atomic E-state index is 12.2. The molecule has 0 radical (unpaired) electrons. The number of hydrogen-bond donors (Lipinski definition) is 5. The van der Waals surface area contributed by atoms with Crippen LogP contribution in [-0.2, 0) is 16.0 Å². The third-order valence-corrected chi connectivity index (χ3v) is 9.72. The van der Waals surface area contributed by atoms with Crippen molar-refractivity contribution in [3.8, 4) is 23.3 Å². The van der Waals surface area contributed by atoms with E-state index in [1.165, 1.54) is 19.8 Å². The number of phenols is 1. The van der Waals surface area contributed by atoms with Crippen molar-refractivity contribution in [2.45, 2.75) is 103 Å². The quantitative estimate of drug-likeness (QED) is 0.136. The minimum Gasteiger partial charge on any atom is -0.504 e. The monoisotopic (exact) mass is 582 g/mol. The van der Waals surface area contributed by atoms with Crippen LogP contribution in [0.4, 0.5) is 0 Å². The van der Waals surface area contributed by atoms with E-state index in [9.17, 15) is 15.0 Å². The Bertz CT molecular complexity index is 1150. The van der Waals surface area contributed by atoms with Crippen LogP contribution in [-0.4, -0.2) is 67.1 Å². The van der Waals surface area contributed by atoms with Gasteiger partial charge in [-0.3, -0.25) is 9.79 Å². The Labute approximate surface area is 251 Å². The number of guanidine groups is 1. The lowest BCUT2D eigenvalue weighted by molar-refractivity contribution is -0.151. The van der Waals surface area contributed by atoms with E-state index in [-0.39, 0.29) is 34.6 Å². The number of aliphatic imine (C=N–C) groups is 1. The zero-order valence-electron chi connectivity index (χ0n) is 25.6. The standard InChI is InChI=1S/C33H50N4O5/c1-23(38)41-29-21-26(39)10-16-33(22-37-31(34)35-3,32(2)13-4-5-14-32)15-6-7-25(29)19-24-8-9-28(40)30(20-24)42-27-11-17-36-18-12-27/h8-9,20,25-27,29,36,39-40H,4-5,7,10-14,16-19,21-22H2,1-3H3,(H3,34,35,37)/t25-,26-,29+,33+/m0/s1. The molecule has 0 bridgehead atoms. The van der Waals surface area contributed by atoms with Gasteiger partial charge in [-0.15, -0.1) is 5.92 Å². The highest BCUT2D eigenvalue weighted by Gasteiger charge is 2.48. The summed E-state index contributed by atoms with van der Waals surface area (Å²) in [5.41, 5.74) is 6.63. The maximum absolute atomic E-state index is 12.2. The molecule has 0 aromatic heterocycles. The predicted molar refractivity (Wildman–Crippen MR) is 164 cm³/mol. The fourth-order valence-electron chi connectivity index (χ4n) is 7.03. The average molecular weight is 583 g/mol. The van der Waals surface area contributed by atoms with Crippen LogP contribution in [0.2, 0.25) is 0 Å². The van der Waals surface area contributed by atoms with E-state index in [2.05, 4.69) is 34.4 Å². The number of aromatic hydroxyl groups is 1. The van der Waals surface area contributed by atoms with Gasteiger partial charge in [-0.1, -0.05) is 31.8 Å². The molecule has 9 heteroatoms. The molecule has 1 aromatic carbocycles. The number of aliphatic hydroxyl groups excluding tert-OH is 1. The van der Waals surface area contributed by atoms with Crippen LogP contribution < -0.4 is 21.1 Å². The second-order valence-electron chi connectivity index (χ2n) is 12.7. The molecule has 1 saturated heterocycles. The first-order chi connectivity index (χ1) is 20.1. The summed E-state index contributed by atoms with van der Waals surface area (Å²) in [7, 11) is 1.67. The molecule has 2 aliphatic carbocycles. The van der Waals surface area contributed by atoms with Gasteiger partial charge >= 0.3 is 5.97 Å². The summed E-state index contributed by atoms with van der Waals surface area (Å²) < 4.78 is 12.0. The normalized spacial score (nSPS) is 28.8. The number of nitrogens with zero attached hydrogens (tertiary/aromatic N) is 1. The van der Waals surface area contributed by atoms with Crippen LogP contribution in [0.1, 0.15) is 83.6 Å². The highest BCUT2D eigenvalue weighted by Crippen LogP contribution is 2.53. The van der Waals surface area contributed by atoms with Gasteiger partial charge in [-0.25, -0.2) is 0 Å². The number of rotatable bonds is 8. The number of ether oxygens (including phenoxy) is 2. The van der Waals surface area contributed by atoms with Gasteiger partial charge in [0.2, 0.25) is 0 Å². The highest BCUT2D eigenvalue weighted by molar-refractivity contribution is 5.77. The van der Waals surface area contributed by atoms with E-state index >= 15 is 0 Å². The van der Waals surface area contributed by atoms with Gasteiger partial charge in [0.25, 0.3) is 0 Å². The molecule has 9 nitrogen and oxygen atoms in total. The third kappa shape index (κ3) is 8.11.